The Morgan fingerprint density at radius 1 is 1.23 bits per heavy atom. The first-order valence-corrected chi connectivity index (χ1v) is 11.9. The molecule has 4 rings (SSSR count). The SMILES string of the molecule is O=C(CSc1nnc(NCc2ccco2)s1)NCC1CN(Cc2ccccc2)CCO1. The molecule has 0 spiro atoms. The first-order valence-electron chi connectivity index (χ1n) is 10.1. The highest BCUT2D eigenvalue weighted by atomic mass is 32.2. The number of nitrogens with one attached hydrogen (secondary N) is 2. The molecule has 1 aliphatic heterocycles. The van der Waals surface area contributed by atoms with E-state index in [9.17, 15) is 4.79 Å². The van der Waals surface area contributed by atoms with E-state index in [1.807, 2.05) is 18.2 Å². The van der Waals surface area contributed by atoms with Crippen molar-refractivity contribution < 1.29 is 13.9 Å². The Balaban J connectivity index is 1.14. The molecule has 3 aromatic rings. The molecule has 0 bridgehead atoms. The van der Waals surface area contributed by atoms with Crippen LogP contribution in [0.15, 0.2) is 57.5 Å². The second-order valence-corrected chi connectivity index (χ2v) is 9.31. The Morgan fingerprint density at radius 2 is 2.13 bits per heavy atom. The summed E-state index contributed by atoms with van der Waals surface area (Å²) in [5.74, 6) is 1.10. The molecule has 0 radical (unpaired) electrons. The lowest BCUT2D eigenvalue weighted by atomic mass is 10.2. The van der Waals surface area contributed by atoms with Crippen LogP contribution in [0.1, 0.15) is 11.3 Å². The number of aromatic nitrogens is 2. The van der Waals surface area contributed by atoms with Gasteiger partial charge in [-0.2, -0.15) is 0 Å². The van der Waals surface area contributed by atoms with Crippen LogP contribution < -0.4 is 10.6 Å². The van der Waals surface area contributed by atoms with Crippen molar-refractivity contribution in [3.63, 3.8) is 0 Å². The number of hydrogen-bond acceptors (Lipinski definition) is 9. The summed E-state index contributed by atoms with van der Waals surface area (Å²) in [5, 5.41) is 15.0. The third kappa shape index (κ3) is 7.06. The molecule has 1 aromatic carbocycles. The highest BCUT2D eigenvalue weighted by Gasteiger charge is 2.21. The zero-order valence-electron chi connectivity index (χ0n) is 17.0. The van der Waals surface area contributed by atoms with Crippen molar-refractivity contribution in [2.75, 3.05) is 37.3 Å². The minimum absolute atomic E-state index is 0.00495. The summed E-state index contributed by atoms with van der Waals surface area (Å²) < 4.78 is 11.8. The molecule has 10 heteroatoms. The van der Waals surface area contributed by atoms with Gasteiger partial charge in [0.15, 0.2) is 4.34 Å². The molecule has 3 heterocycles. The number of benzene rings is 1. The minimum Gasteiger partial charge on any atom is -0.467 e. The summed E-state index contributed by atoms with van der Waals surface area (Å²) in [5.41, 5.74) is 1.29. The first-order chi connectivity index (χ1) is 15.2. The van der Waals surface area contributed by atoms with Gasteiger partial charge in [0.2, 0.25) is 11.0 Å². The van der Waals surface area contributed by atoms with Gasteiger partial charge in [0.05, 0.1) is 31.3 Å². The second kappa shape index (κ2) is 11.3. The molecule has 0 saturated carbocycles. The summed E-state index contributed by atoms with van der Waals surface area (Å²) in [7, 11) is 0. The number of amides is 1. The van der Waals surface area contributed by atoms with Gasteiger partial charge in [-0.15, -0.1) is 10.2 Å². The number of rotatable bonds is 10. The van der Waals surface area contributed by atoms with Crippen molar-refractivity contribution in [2.45, 2.75) is 23.5 Å². The number of anilines is 1. The molecule has 31 heavy (non-hydrogen) atoms. The van der Waals surface area contributed by atoms with Crippen molar-refractivity contribution in [2.24, 2.45) is 0 Å². The van der Waals surface area contributed by atoms with Gasteiger partial charge in [-0.05, 0) is 17.7 Å². The zero-order valence-corrected chi connectivity index (χ0v) is 18.7. The van der Waals surface area contributed by atoms with Crippen LogP contribution >= 0.6 is 23.1 Å². The van der Waals surface area contributed by atoms with E-state index in [1.165, 1.54) is 28.7 Å². The predicted octanol–water partition coefficient (Wildman–Crippen LogP) is 2.85. The quantitative estimate of drug-likeness (QED) is 0.447. The lowest BCUT2D eigenvalue weighted by Gasteiger charge is -2.33. The maximum atomic E-state index is 12.2. The van der Waals surface area contributed by atoms with E-state index in [4.69, 9.17) is 9.15 Å². The van der Waals surface area contributed by atoms with Crippen LogP contribution in [0.2, 0.25) is 0 Å². The number of morpholine rings is 1. The number of ether oxygens (including phenoxy) is 1. The van der Waals surface area contributed by atoms with Crippen molar-refractivity contribution in [1.29, 1.82) is 0 Å². The minimum atomic E-state index is -0.0333. The maximum absolute atomic E-state index is 12.2. The van der Waals surface area contributed by atoms with E-state index in [0.29, 0.717) is 30.6 Å². The summed E-state index contributed by atoms with van der Waals surface area (Å²) in [6.45, 7) is 4.36. The average molecular weight is 460 g/mol. The van der Waals surface area contributed by atoms with Gasteiger partial charge in [0, 0.05) is 26.2 Å². The van der Waals surface area contributed by atoms with Gasteiger partial charge in [0.25, 0.3) is 0 Å². The zero-order chi connectivity index (χ0) is 21.3. The van der Waals surface area contributed by atoms with Crippen LogP contribution in [-0.2, 0) is 22.6 Å². The molecule has 1 unspecified atom stereocenters. The highest BCUT2D eigenvalue weighted by molar-refractivity contribution is 8.01. The topological polar surface area (TPSA) is 92.5 Å². The summed E-state index contributed by atoms with van der Waals surface area (Å²) in [6.07, 6.45) is 1.64. The smallest absolute Gasteiger partial charge is 0.230 e. The molecule has 2 aromatic heterocycles. The maximum Gasteiger partial charge on any atom is 0.230 e. The van der Waals surface area contributed by atoms with E-state index < -0.39 is 0 Å². The molecule has 1 aliphatic rings. The lowest BCUT2D eigenvalue weighted by Crippen LogP contribution is -2.47. The Morgan fingerprint density at radius 3 is 2.97 bits per heavy atom. The van der Waals surface area contributed by atoms with Crippen LogP contribution in [0.25, 0.3) is 0 Å². The van der Waals surface area contributed by atoms with E-state index in [-0.39, 0.29) is 12.0 Å². The number of nitrogens with zero attached hydrogens (tertiary/aromatic N) is 3. The van der Waals surface area contributed by atoms with E-state index in [2.05, 4.69) is 50.0 Å². The molecule has 2 N–H and O–H groups in total. The van der Waals surface area contributed by atoms with E-state index in [0.717, 1.165) is 29.7 Å². The van der Waals surface area contributed by atoms with Gasteiger partial charge < -0.3 is 19.8 Å². The van der Waals surface area contributed by atoms with Crippen LogP contribution in [0.3, 0.4) is 0 Å². The molecular formula is C21H25N5O3S2. The third-order valence-electron chi connectivity index (χ3n) is 4.73. The molecular weight excluding hydrogens is 434 g/mol. The van der Waals surface area contributed by atoms with Crippen LogP contribution in [-0.4, -0.2) is 59.1 Å². The van der Waals surface area contributed by atoms with E-state index >= 15 is 0 Å². The Labute approximate surface area is 189 Å². The largest absolute Gasteiger partial charge is 0.467 e. The Kier molecular flexibility index (Phi) is 7.94. The molecule has 1 fully saturated rings. The van der Waals surface area contributed by atoms with Gasteiger partial charge in [0.1, 0.15) is 5.76 Å². The second-order valence-electron chi connectivity index (χ2n) is 7.11. The third-order valence-corrected chi connectivity index (χ3v) is 6.74. The fourth-order valence-electron chi connectivity index (χ4n) is 3.21. The average Bonchev–Trinajstić information content (AvgIpc) is 3.48. The molecule has 1 saturated heterocycles. The number of carbonyl (C=O) groups excluding carboxylic acids is 1. The van der Waals surface area contributed by atoms with Crippen molar-refractivity contribution in [3.05, 3.63) is 60.1 Å². The van der Waals surface area contributed by atoms with Crippen molar-refractivity contribution in [1.82, 2.24) is 20.4 Å². The first kappa shape index (κ1) is 21.8. The van der Waals surface area contributed by atoms with Gasteiger partial charge in [-0.1, -0.05) is 53.4 Å². The molecule has 0 aliphatic carbocycles. The van der Waals surface area contributed by atoms with Gasteiger partial charge >= 0.3 is 0 Å². The monoisotopic (exact) mass is 459 g/mol. The molecule has 1 atom stereocenters. The van der Waals surface area contributed by atoms with Gasteiger partial charge in [-0.3, -0.25) is 9.69 Å². The molecule has 1 amide bonds. The fraction of sp³-hybridized carbons (Fsp3) is 0.381. The lowest BCUT2D eigenvalue weighted by molar-refractivity contribution is -0.119. The number of thioether (sulfide) groups is 1. The standard InChI is InChI=1S/C21H25N5O3S2/c27-19(15-30-21-25-24-20(31-21)23-11-17-7-4-9-28-17)22-12-18-14-26(8-10-29-18)13-16-5-2-1-3-6-16/h1-7,9,18H,8,10-15H2,(H,22,27)(H,23,24). The summed E-state index contributed by atoms with van der Waals surface area (Å²) in [4.78, 5) is 14.6. The Hall–Kier alpha value is -2.40. The van der Waals surface area contributed by atoms with E-state index in [1.54, 1.807) is 6.26 Å². The van der Waals surface area contributed by atoms with Crippen LogP contribution in [0.4, 0.5) is 5.13 Å². The van der Waals surface area contributed by atoms with Gasteiger partial charge in [-0.25, -0.2) is 0 Å². The number of furan rings is 1. The number of hydrogen-bond donors (Lipinski definition) is 2. The normalized spacial score (nSPS) is 16.8. The predicted molar refractivity (Wildman–Crippen MR) is 121 cm³/mol. The summed E-state index contributed by atoms with van der Waals surface area (Å²) in [6, 6.07) is 14.1. The van der Waals surface area contributed by atoms with Crippen molar-refractivity contribution in [3.8, 4) is 0 Å². The van der Waals surface area contributed by atoms with Crippen LogP contribution in [0, 0.1) is 0 Å². The molecule has 8 nitrogen and oxygen atoms in total. The highest BCUT2D eigenvalue weighted by Crippen LogP contribution is 2.25. The van der Waals surface area contributed by atoms with Crippen LogP contribution in [0.5, 0.6) is 0 Å². The number of carbonyl (C=O) groups is 1. The summed E-state index contributed by atoms with van der Waals surface area (Å²) >= 11 is 2.80. The Bertz CT molecular complexity index is 936. The fourth-order valence-corrected chi connectivity index (χ4v) is 4.79. The molecule has 164 valence electrons. The van der Waals surface area contributed by atoms with Crippen molar-refractivity contribution >= 4 is 34.1 Å².